The van der Waals surface area contributed by atoms with Crippen LogP contribution in [0.25, 0.3) is 0 Å². The summed E-state index contributed by atoms with van der Waals surface area (Å²) in [6.07, 6.45) is 0.837. The number of carbonyl (C=O) groups excluding carboxylic acids is 2. The number of nitrogens with one attached hydrogen (secondary N) is 2. The first-order valence-corrected chi connectivity index (χ1v) is 6.03. The highest BCUT2D eigenvalue weighted by Crippen LogP contribution is 2.26. The second-order valence-corrected chi connectivity index (χ2v) is 4.39. The number of ether oxygens (including phenoxy) is 1. The molecule has 1 aliphatic rings. The molecule has 0 aliphatic carbocycles. The summed E-state index contributed by atoms with van der Waals surface area (Å²) >= 11 is 0. The average molecular weight is 264 g/mol. The van der Waals surface area contributed by atoms with Crippen LogP contribution in [0, 0.1) is 0 Å². The van der Waals surface area contributed by atoms with Gasteiger partial charge >= 0.3 is 0 Å². The molecule has 6 heteroatoms. The minimum absolute atomic E-state index is 0.0603. The van der Waals surface area contributed by atoms with Crippen molar-refractivity contribution in [1.82, 2.24) is 10.6 Å². The molecule has 19 heavy (non-hydrogen) atoms. The van der Waals surface area contributed by atoms with Crippen molar-refractivity contribution < 1.29 is 19.4 Å². The fourth-order valence-electron chi connectivity index (χ4n) is 1.97. The van der Waals surface area contributed by atoms with Crippen LogP contribution in [0.3, 0.4) is 0 Å². The van der Waals surface area contributed by atoms with Gasteiger partial charge < -0.3 is 15.2 Å². The zero-order valence-corrected chi connectivity index (χ0v) is 10.6. The quantitative estimate of drug-likeness (QED) is 0.681. The van der Waals surface area contributed by atoms with Crippen LogP contribution in [0.5, 0.6) is 11.5 Å². The molecule has 1 heterocycles. The van der Waals surface area contributed by atoms with E-state index in [4.69, 9.17) is 4.74 Å². The number of imide groups is 1. The predicted molar refractivity (Wildman–Crippen MR) is 67.7 cm³/mol. The number of amides is 2. The second-order valence-electron chi connectivity index (χ2n) is 4.39. The molecule has 0 radical (unpaired) electrons. The van der Waals surface area contributed by atoms with Gasteiger partial charge in [0.05, 0.1) is 13.2 Å². The maximum atomic E-state index is 11.5. The van der Waals surface area contributed by atoms with Gasteiger partial charge in [0.1, 0.15) is 0 Å². The normalized spacial score (nSPS) is 19.1. The number of aromatic hydroxyl groups is 1. The number of hydrogen-bond donors (Lipinski definition) is 3. The van der Waals surface area contributed by atoms with E-state index in [9.17, 15) is 14.7 Å². The van der Waals surface area contributed by atoms with E-state index in [0.29, 0.717) is 25.1 Å². The Labute approximate surface area is 110 Å². The number of piperidine rings is 1. The number of hydrogen-bond acceptors (Lipinski definition) is 5. The molecule has 2 rings (SSSR count). The molecule has 1 aliphatic heterocycles. The lowest BCUT2D eigenvalue weighted by atomic mass is 10.1. The Morgan fingerprint density at radius 3 is 2.89 bits per heavy atom. The molecule has 2 amide bonds. The highest BCUT2D eigenvalue weighted by molar-refractivity contribution is 6.00. The highest BCUT2D eigenvalue weighted by Gasteiger charge is 2.25. The van der Waals surface area contributed by atoms with Gasteiger partial charge in [-0.2, -0.15) is 0 Å². The Kier molecular flexibility index (Phi) is 4.01. The van der Waals surface area contributed by atoms with Crippen LogP contribution < -0.4 is 15.4 Å². The van der Waals surface area contributed by atoms with E-state index in [1.165, 1.54) is 7.11 Å². The van der Waals surface area contributed by atoms with Gasteiger partial charge in [0.15, 0.2) is 11.5 Å². The molecule has 0 bridgehead atoms. The molecule has 1 saturated heterocycles. The lowest BCUT2D eigenvalue weighted by Crippen LogP contribution is -2.50. The Balaban J connectivity index is 1.93. The number of phenols is 1. The summed E-state index contributed by atoms with van der Waals surface area (Å²) in [6.45, 7) is 0.434. The number of rotatable bonds is 4. The minimum atomic E-state index is -0.373. The van der Waals surface area contributed by atoms with E-state index in [2.05, 4.69) is 10.6 Å². The molecule has 1 atom stereocenters. The van der Waals surface area contributed by atoms with Crippen molar-refractivity contribution in [3.63, 3.8) is 0 Å². The molecule has 6 nitrogen and oxygen atoms in total. The first-order valence-electron chi connectivity index (χ1n) is 6.03. The van der Waals surface area contributed by atoms with Gasteiger partial charge in [0, 0.05) is 13.0 Å². The third-order valence-electron chi connectivity index (χ3n) is 3.04. The molecule has 1 aromatic rings. The predicted octanol–water partition coefficient (Wildman–Crippen LogP) is 0.296. The Hall–Kier alpha value is -2.08. The van der Waals surface area contributed by atoms with Gasteiger partial charge in [-0.15, -0.1) is 0 Å². The lowest BCUT2D eigenvalue weighted by Gasteiger charge is -2.22. The van der Waals surface area contributed by atoms with Crippen LogP contribution in [-0.4, -0.2) is 30.1 Å². The van der Waals surface area contributed by atoms with Gasteiger partial charge in [-0.25, -0.2) is 0 Å². The van der Waals surface area contributed by atoms with Crippen LogP contribution in [0.2, 0.25) is 0 Å². The van der Waals surface area contributed by atoms with Crippen molar-refractivity contribution in [2.24, 2.45) is 0 Å². The highest BCUT2D eigenvalue weighted by atomic mass is 16.5. The molecular formula is C13H16N2O4. The smallest absolute Gasteiger partial charge is 0.243 e. The van der Waals surface area contributed by atoms with E-state index in [1.807, 2.05) is 0 Å². The zero-order chi connectivity index (χ0) is 13.8. The summed E-state index contributed by atoms with van der Waals surface area (Å²) < 4.78 is 4.95. The van der Waals surface area contributed by atoms with Gasteiger partial charge in [-0.3, -0.25) is 14.9 Å². The number of carbonyl (C=O) groups is 2. The van der Waals surface area contributed by atoms with E-state index < -0.39 is 0 Å². The molecule has 0 aromatic heterocycles. The third-order valence-corrected chi connectivity index (χ3v) is 3.04. The molecule has 0 spiro atoms. The summed E-state index contributed by atoms with van der Waals surface area (Å²) in [5.41, 5.74) is 0.836. The largest absolute Gasteiger partial charge is 0.504 e. The van der Waals surface area contributed by atoms with Gasteiger partial charge in [-0.1, -0.05) is 6.07 Å². The van der Waals surface area contributed by atoms with Gasteiger partial charge in [-0.05, 0) is 24.1 Å². The Morgan fingerprint density at radius 2 is 2.26 bits per heavy atom. The van der Waals surface area contributed by atoms with Crippen LogP contribution >= 0.6 is 0 Å². The molecule has 102 valence electrons. The molecule has 1 fully saturated rings. The van der Waals surface area contributed by atoms with Gasteiger partial charge in [0.25, 0.3) is 0 Å². The molecular weight excluding hydrogens is 248 g/mol. The molecule has 0 saturated carbocycles. The summed E-state index contributed by atoms with van der Waals surface area (Å²) in [6, 6.07) is 4.67. The Bertz CT molecular complexity index is 501. The monoisotopic (exact) mass is 264 g/mol. The summed E-state index contributed by atoms with van der Waals surface area (Å²) in [5.74, 6) is -0.0612. The van der Waals surface area contributed by atoms with Crippen molar-refractivity contribution in [3.05, 3.63) is 23.8 Å². The summed E-state index contributed by atoms with van der Waals surface area (Å²) in [7, 11) is 1.48. The van der Waals surface area contributed by atoms with E-state index >= 15 is 0 Å². The average Bonchev–Trinajstić information content (AvgIpc) is 2.38. The fraction of sp³-hybridized carbons (Fsp3) is 0.385. The number of methoxy groups -OCH3 is 1. The van der Waals surface area contributed by atoms with Crippen molar-refractivity contribution in [2.45, 2.75) is 25.4 Å². The first-order chi connectivity index (χ1) is 9.10. The first kappa shape index (κ1) is 13.4. The second kappa shape index (κ2) is 5.71. The summed E-state index contributed by atoms with van der Waals surface area (Å²) in [5, 5.41) is 15.0. The van der Waals surface area contributed by atoms with E-state index in [1.54, 1.807) is 18.2 Å². The van der Waals surface area contributed by atoms with Crippen molar-refractivity contribution in [1.29, 1.82) is 0 Å². The van der Waals surface area contributed by atoms with Crippen molar-refractivity contribution >= 4 is 11.8 Å². The fourth-order valence-corrected chi connectivity index (χ4v) is 1.97. The maximum Gasteiger partial charge on any atom is 0.243 e. The van der Waals surface area contributed by atoms with Crippen molar-refractivity contribution in [3.8, 4) is 11.5 Å². The van der Waals surface area contributed by atoms with Crippen LogP contribution in [0.4, 0.5) is 0 Å². The SMILES string of the molecule is COc1ccc(CNC2CCC(=O)NC2=O)cc1O. The topological polar surface area (TPSA) is 87.7 Å². The lowest BCUT2D eigenvalue weighted by molar-refractivity contribution is -0.134. The standard InChI is InChI=1S/C13H16N2O4/c1-19-11-4-2-8(6-10(11)16)7-14-9-3-5-12(17)15-13(9)18/h2,4,6,9,14,16H,3,5,7H2,1H3,(H,15,17,18). The molecule has 3 N–H and O–H groups in total. The summed E-state index contributed by atoms with van der Waals surface area (Å²) in [4.78, 5) is 22.5. The molecule has 1 aromatic carbocycles. The Morgan fingerprint density at radius 1 is 1.47 bits per heavy atom. The van der Waals surface area contributed by atoms with Crippen LogP contribution in [0.1, 0.15) is 18.4 Å². The molecule has 1 unspecified atom stereocenters. The van der Waals surface area contributed by atoms with E-state index in [0.717, 1.165) is 5.56 Å². The van der Waals surface area contributed by atoms with Gasteiger partial charge in [0.2, 0.25) is 11.8 Å². The third kappa shape index (κ3) is 3.23. The van der Waals surface area contributed by atoms with Crippen molar-refractivity contribution in [2.75, 3.05) is 7.11 Å². The minimum Gasteiger partial charge on any atom is -0.504 e. The van der Waals surface area contributed by atoms with E-state index in [-0.39, 0.29) is 23.6 Å². The number of benzene rings is 1. The zero-order valence-electron chi connectivity index (χ0n) is 10.6. The van der Waals surface area contributed by atoms with Crippen LogP contribution in [-0.2, 0) is 16.1 Å². The number of phenolic OH excluding ortho intramolecular Hbond substituents is 1. The maximum absolute atomic E-state index is 11.5. The van der Waals surface area contributed by atoms with Crippen LogP contribution in [0.15, 0.2) is 18.2 Å².